The van der Waals surface area contributed by atoms with Crippen molar-refractivity contribution in [3.05, 3.63) is 58.3 Å². The first kappa shape index (κ1) is 12.9. The van der Waals surface area contributed by atoms with Crippen molar-refractivity contribution in [1.29, 1.82) is 0 Å². The lowest BCUT2D eigenvalue weighted by Crippen LogP contribution is -1.97. The molecule has 1 N–H and O–H groups in total. The fourth-order valence-electron chi connectivity index (χ4n) is 2.28. The van der Waals surface area contributed by atoms with Crippen molar-refractivity contribution in [2.24, 2.45) is 0 Å². The Bertz CT molecular complexity index is 824. The van der Waals surface area contributed by atoms with Gasteiger partial charge in [0.2, 0.25) is 0 Å². The molecule has 0 fully saturated rings. The minimum absolute atomic E-state index is 0.0728. The van der Waals surface area contributed by atoms with Crippen LogP contribution in [-0.4, -0.2) is 20.5 Å². The number of rotatable bonds is 2. The lowest BCUT2D eigenvalue weighted by Gasteiger charge is -2.05. The number of fused-ring (bicyclic) bond motifs is 1. The van der Waals surface area contributed by atoms with Crippen LogP contribution in [0.5, 0.6) is 0 Å². The van der Waals surface area contributed by atoms with Gasteiger partial charge < -0.3 is 5.11 Å². The Morgan fingerprint density at radius 1 is 1.25 bits per heavy atom. The van der Waals surface area contributed by atoms with Crippen LogP contribution in [0.2, 0.25) is 0 Å². The summed E-state index contributed by atoms with van der Waals surface area (Å²) in [5.41, 5.74) is 2.49. The van der Waals surface area contributed by atoms with Crippen LogP contribution in [0.4, 0.5) is 0 Å². The van der Waals surface area contributed by atoms with Crippen LogP contribution >= 0.6 is 15.9 Å². The number of hydrogen-bond donors (Lipinski definition) is 1. The van der Waals surface area contributed by atoms with Gasteiger partial charge >= 0.3 is 5.97 Å². The monoisotopic (exact) mass is 330 g/mol. The molecule has 0 spiro atoms. The van der Waals surface area contributed by atoms with Gasteiger partial charge in [-0.3, -0.25) is 4.40 Å². The van der Waals surface area contributed by atoms with Gasteiger partial charge in [-0.05, 0) is 31.2 Å². The highest BCUT2D eigenvalue weighted by Gasteiger charge is 2.18. The Morgan fingerprint density at radius 3 is 2.70 bits per heavy atom. The first-order valence-electron chi connectivity index (χ1n) is 6.05. The SMILES string of the molecule is Cc1cccc2c(C(=O)O)nc(-c3cccc(Br)c3)n12. The molecule has 0 amide bonds. The summed E-state index contributed by atoms with van der Waals surface area (Å²) >= 11 is 3.42. The molecule has 5 heteroatoms. The van der Waals surface area contributed by atoms with Gasteiger partial charge in [-0.25, -0.2) is 9.78 Å². The molecule has 20 heavy (non-hydrogen) atoms. The average molecular weight is 331 g/mol. The summed E-state index contributed by atoms with van der Waals surface area (Å²) < 4.78 is 2.79. The number of imidazole rings is 1. The predicted octanol–water partition coefficient (Wildman–Crippen LogP) is 3.77. The van der Waals surface area contributed by atoms with E-state index in [-0.39, 0.29) is 5.69 Å². The molecular formula is C15H11BrN2O2. The van der Waals surface area contributed by atoms with E-state index >= 15 is 0 Å². The summed E-state index contributed by atoms with van der Waals surface area (Å²) in [6.07, 6.45) is 0. The van der Waals surface area contributed by atoms with Gasteiger partial charge in [0.05, 0.1) is 5.52 Å². The van der Waals surface area contributed by atoms with E-state index in [0.29, 0.717) is 11.3 Å². The number of aromatic carboxylic acids is 1. The van der Waals surface area contributed by atoms with Crippen LogP contribution in [-0.2, 0) is 0 Å². The molecule has 0 aliphatic rings. The molecule has 0 aliphatic heterocycles. The summed E-state index contributed by atoms with van der Waals surface area (Å²) in [4.78, 5) is 15.7. The van der Waals surface area contributed by atoms with E-state index < -0.39 is 5.97 Å². The second-order valence-electron chi connectivity index (χ2n) is 4.49. The normalized spacial score (nSPS) is 10.9. The number of hydrogen-bond acceptors (Lipinski definition) is 2. The van der Waals surface area contributed by atoms with Crippen LogP contribution in [0.15, 0.2) is 46.9 Å². The van der Waals surface area contributed by atoms with Crippen LogP contribution in [0.1, 0.15) is 16.2 Å². The summed E-state index contributed by atoms with van der Waals surface area (Å²) in [5.74, 6) is -0.383. The first-order valence-corrected chi connectivity index (χ1v) is 6.84. The van der Waals surface area contributed by atoms with Crippen LogP contribution in [0.3, 0.4) is 0 Å². The molecule has 0 bridgehead atoms. The van der Waals surface area contributed by atoms with Crippen molar-refractivity contribution in [2.45, 2.75) is 6.92 Å². The first-order chi connectivity index (χ1) is 9.58. The molecule has 0 unspecified atom stereocenters. The lowest BCUT2D eigenvalue weighted by atomic mass is 10.2. The highest BCUT2D eigenvalue weighted by atomic mass is 79.9. The van der Waals surface area contributed by atoms with Gasteiger partial charge in [-0.15, -0.1) is 0 Å². The second kappa shape index (κ2) is 4.76. The van der Waals surface area contributed by atoms with Crippen molar-refractivity contribution < 1.29 is 9.90 Å². The molecule has 0 aliphatic carbocycles. The van der Waals surface area contributed by atoms with Gasteiger partial charge in [-0.1, -0.05) is 34.1 Å². The average Bonchev–Trinajstić information content (AvgIpc) is 2.80. The Balaban J connectivity index is 2.39. The Morgan fingerprint density at radius 2 is 2.00 bits per heavy atom. The smallest absolute Gasteiger partial charge is 0.356 e. The molecule has 0 saturated carbocycles. The molecule has 0 atom stereocenters. The molecule has 100 valence electrons. The molecule has 4 nitrogen and oxygen atoms in total. The summed E-state index contributed by atoms with van der Waals surface area (Å²) in [6.45, 7) is 1.93. The highest BCUT2D eigenvalue weighted by Crippen LogP contribution is 2.26. The number of pyridine rings is 1. The largest absolute Gasteiger partial charge is 0.476 e. The zero-order chi connectivity index (χ0) is 14.3. The van der Waals surface area contributed by atoms with Crippen LogP contribution in [0, 0.1) is 6.92 Å². The van der Waals surface area contributed by atoms with E-state index in [1.165, 1.54) is 0 Å². The number of carboxylic acid groups (broad SMARTS) is 1. The third-order valence-electron chi connectivity index (χ3n) is 3.14. The topological polar surface area (TPSA) is 54.6 Å². The fourth-order valence-corrected chi connectivity index (χ4v) is 2.67. The zero-order valence-corrected chi connectivity index (χ0v) is 12.3. The van der Waals surface area contributed by atoms with Gasteiger partial charge in [0, 0.05) is 15.7 Å². The van der Waals surface area contributed by atoms with Crippen molar-refractivity contribution in [1.82, 2.24) is 9.38 Å². The van der Waals surface area contributed by atoms with Gasteiger partial charge in [0.15, 0.2) is 5.69 Å². The number of carboxylic acids is 1. The number of carbonyl (C=O) groups is 1. The van der Waals surface area contributed by atoms with Crippen LogP contribution < -0.4 is 0 Å². The van der Waals surface area contributed by atoms with Crippen molar-refractivity contribution in [3.63, 3.8) is 0 Å². The van der Waals surface area contributed by atoms with Crippen molar-refractivity contribution in [3.8, 4) is 11.4 Å². The number of benzene rings is 1. The van der Waals surface area contributed by atoms with Gasteiger partial charge in [0.1, 0.15) is 5.82 Å². The van der Waals surface area contributed by atoms with E-state index in [2.05, 4.69) is 20.9 Å². The van der Waals surface area contributed by atoms with E-state index in [4.69, 9.17) is 0 Å². The molecule has 2 aromatic heterocycles. The molecule has 1 aromatic carbocycles. The molecule has 2 heterocycles. The van der Waals surface area contributed by atoms with Crippen molar-refractivity contribution >= 4 is 27.4 Å². The Kier molecular flexibility index (Phi) is 3.06. The van der Waals surface area contributed by atoms with E-state index in [1.807, 2.05) is 47.7 Å². The predicted molar refractivity (Wildman–Crippen MR) is 80.0 cm³/mol. The summed E-state index contributed by atoms with van der Waals surface area (Å²) in [5, 5.41) is 9.30. The maximum atomic E-state index is 11.4. The van der Waals surface area contributed by atoms with Gasteiger partial charge in [0.25, 0.3) is 0 Å². The van der Waals surface area contributed by atoms with Crippen LogP contribution in [0.25, 0.3) is 16.9 Å². The third kappa shape index (κ3) is 2.00. The maximum Gasteiger partial charge on any atom is 0.356 e. The van der Waals surface area contributed by atoms with E-state index in [1.54, 1.807) is 6.07 Å². The van der Waals surface area contributed by atoms with Crippen molar-refractivity contribution in [2.75, 3.05) is 0 Å². The standard InChI is InChI=1S/C15H11BrN2O2/c1-9-4-2-7-12-13(15(19)20)17-14(18(9)12)10-5-3-6-11(16)8-10/h2-8H,1H3,(H,19,20). The third-order valence-corrected chi connectivity index (χ3v) is 3.64. The molecule has 3 aromatic rings. The maximum absolute atomic E-state index is 11.4. The summed E-state index contributed by atoms with van der Waals surface area (Å²) in [6, 6.07) is 13.2. The number of aromatic nitrogens is 2. The summed E-state index contributed by atoms with van der Waals surface area (Å²) in [7, 11) is 0. The Labute approximate surface area is 123 Å². The quantitative estimate of drug-likeness (QED) is 0.778. The minimum Gasteiger partial charge on any atom is -0.476 e. The van der Waals surface area contributed by atoms with E-state index in [9.17, 15) is 9.90 Å². The van der Waals surface area contributed by atoms with E-state index in [0.717, 1.165) is 15.7 Å². The molecular weight excluding hydrogens is 320 g/mol. The van der Waals surface area contributed by atoms with Gasteiger partial charge in [-0.2, -0.15) is 0 Å². The number of aryl methyl sites for hydroxylation is 1. The minimum atomic E-state index is -1.02. The fraction of sp³-hybridized carbons (Fsp3) is 0.0667. The highest BCUT2D eigenvalue weighted by molar-refractivity contribution is 9.10. The Hall–Kier alpha value is -2.14. The second-order valence-corrected chi connectivity index (χ2v) is 5.40. The molecule has 0 saturated heterocycles. The number of halogens is 1. The molecule has 0 radical (unpaired) electrons. The zero-order valence-electron chi connectivity index (χ0n) is 10.7. The lowest BCUT2D eigenvalue weighted by molar-refractivity contribution is 0.0693. The number of nitrogens with zero attached hydrogens (tertiary/aromatic N) is 2. The molecule has 3 rings (SSSR count).